The van der Waals surface area contributed by atoms with Gasteiger partial charge in [0, 0.05) is 43.9 Å². The Morgan fingerprint density at radius 1 is 0.375 bits per heavy atom. The number of para-hydroxylation sites is 1. The summed E-state index contributed by atoms with van der Waals surface area (Å²) >= 11 is 0. The smallest absolute Gasteiger partial charge is 0.235 e. The van der Waals surface area contributed by atoms with Crippen LogP contribution in [-0.2, 0) is 0 Å². The molecule has 0 saturated carbocycles. The van der Waals surface area contributed by atoms with E-state index in [1.165, 1.54) is 0 Å². The van der Waals surface area contributed by atoms with Crippen LogP contribution in [0.25, 0.3) is 106 Å². The maximum atomic E-state index is 5.20. The fourth-order valence-corrected chi connectivity index (χ4v) is 7.91. The lowest BCUT2D eigenvalue weighted by Crippen LogP contribution is -2.03. The number of nitrogens with zero attached hydrogens (tertiary/aromatic N) is 5. The quantitative estimate of drug-likeness (QED) is 0.186. The lowest BCUT2D eigenvalue weighted by Gasteiger charge is -2.12. The van der Waals surface area contributed by atoms with Gasteiger partial charge in [0.1, 0.15) is 5.65 Å². The molecular formula is C50H32N6. The number of hydrogen-bond acceptors (Lipinski definition) is 4. The summed E-state index contributed by atoms with van der Waals surface area (Å²) in [5, 5.41) is 4.36. The predicted octanol–water partition coefficient (Wildman–Crippen LogP) is 12.3. The number of hydrogen-bond donors (Lipinski definition) is 1. The maximum absolute atomic E-state index is 5.20. The third-order valence-electron chi connectivity index (χ3n) is 10.6. The average Bonchev–Trinajstić information content (AvgIpc) is 3.82. The molecule has 7 aromatic carbocycles. The second kappa shape index (κ2) is 13.0. The number of aromatic nitrogens is 6. The molecule has 4 aromatic heterocycles. The van der Waals surface area contributed by atoms with E-state index in [1.54, 1.807) is 0 Å². The van der Waals surface area contributed by atoms with E-state index in [4.69, 9.17) is 19.9 Å². The van der Waals surface area contributed by atoms with Gasteiger partial charge in [-0.15, -0.1) is 0 Å². The molecule has 56 heavy (non-hydrogen) atoms. The Bertz CT molecular complexity index is 3170. The lowest BCUT2D eigenvalue weighted by molar-refractivity contribution is 0.995. The number of fused-ring (bicyclic) bond motifs is 6. The fraction of sp³-hybridized carbons (Fsp3) is 0. The van der Waals surface area contributed by atoms with E-state index < -0.39 is 0 Å². The molecule has 0 radical (unpaired) electrons. The topological polar surface area (TPSA) is 72.3 Å². The van der Waals surface area contributed by atoms with Crippen molar-refractivity contribution in [3.8, 4) is 62.2 Å². The molecule has 0 aliphatic heterocycles. The van der Waals surface area contributed by atoms with Gasteiger partial charge in [-0.25, -0.2) is 19.9 Å². The number of aromatic amines is 1. The van der Waals surface area contributed by atoms with Crippen molar-refractivity contribution in [1.82, 2.24) is 29.5 Å². The lowest BCUT2D eigenvalue weighted by atomic mass is 9.99. The first kappa shape index (κ1) is 31.8. The van der Waals surface area contributed by atoms with Crippen molar-refractivity contribution < 1.29 is 0 Å². The molecule has 0 atom stereocenters. The first-order valence-corrected chi connectivity index (χ1v) is 18.7. The van der Waals surface area contributed by atoms with E-state index in [1.807, 2.05) is 60.7 Å². The van der Waals surface area contributed by atoms with E-state index >= 15 is 0 Å². The highest BCUT2D eigenvalue weighted by atomic mass is 15.2. The highest BCUT2D eigenvalue weighted by molar-refractivity contribution is 6.14. The van der Waals surface area contributed by atoms with Crippen LogP contribution >= 0.6 is 0 Å². The van der Waals surface area contributed by atoms with Crippen LogP contribution in [0.2, 0.25) is 0 Å². The van der Waals surface area contributed by atoms with Crippen molar-refractivity contribution >= 4 is 43.7 Å². The van der Waals surface area contributed by atoms with E-state index in [9.17, 15) is 0 Å². The van der Waals surface area contributed by atoms with Crippen LogP contribution in [0.3, 0.4) is 0 Å². The van der Waals surface area contributed by atoms with E-state index in [0.29, 0.717) is 11.8 Å². The standard InChI is InChI=1S/C50H32N6/c1-5-15-32(16-6-1)42-31-43(33-17-7-2-8-18-33)53-50(52-42)56-44-24-14-13-23-38(44)39-29-37(26-28-45(39)56)36-25-27-41-40(30-36)46-47(34-19-9-3-10-20-34)54-48(55-49(46)51-41)35-21-11-4-12-22-35/h1-31H,(H,51,54,55). The molecule has 11 aromatic rings. The van der Waals surface area contributed by atoms with Crippen molar-refractivity contribution in [3.63, 3.8) is 0 Å². The third kappa shape index (κ3) is 5.35. The predicted molar refractivity (Wildman–Crippen MR) is 229 cm³/mol. The number of benzene rings is 7. The summed E-state index contributed by atoms with van der Waals surface area (Å²) < 4.78 is 2.20. The summed E-state index contributed by atoms with van der Waals surface area (Å²) in [6.07, 6.45) is 0. The Hall–Kier alpha value is -7.70. The molecule has 0 bridgehead atoms. The van der Waals surface area contributed by atoms with Gasteiger partial charge >= 0.3 is 0 Å². The van der Waals surface area contributed by atoms with Crippen LogP contribution in [0.1, 0.15) is 0 Å². The minimum absolute atomic E-state index is 0.632. The van der Waals surface area contributed by atoms with Crippen LogP contribution in [0, 0.1) is 0 Å². The van der Waals surface area contributed by atoms with Gasteiger partial charge in [0.15, 0.2) is 5.82 Å². The van der Waals surface area contributed by atoms with Gasteiger partial charge in [-0.2, -0.15) is 0 Å². The first-order chi connectivity index (χ1) is 27.7. The second-order valence-corrected chi connectivity index (χ2v) is 14.0. The molecule has 4 heterocycles. The Morgan fingerprint density at radius 2 is 0.911 bits per heavy atom. The van der Waals surface area contributed by atoms with Crippen LogP contribution in [-0.4, -0.2) is 29.5 Å². The van der Waals surface area contributed by atoms with Crippen molar-refractivity contribution in [2.75, 3.05) is 0 Å². The molecule has 0 fully saturated rings. The minimum atomic E-state index is 0.632. The SMILES string of the molecule is c1ccc(-c2cc(-c3ccccc3)nc(-n3c4ccccc4c4cc(-c5ccc6[nH]c7nc(-c8ccccc8)nc(-c8ccccc8)c7c6c5)ccc43)n2)cc1. The summed E-state index contributed by atoms with van der Waals surface area (Å²) in [4.78, 5) is 24.3. The molecule has 0 spiro atoms. The zero-order valence-corrected chi connectivity index (χ0v) is 30.1. The highest BCUT2D eigenvalue weighted by Gasteiger charge is 2.20. The highest BCUT2D eigenvalue weighted by Crippen LogP contribution is 2.39. The van der Waals surface area contributed by atoms with Crippen molar-refractivity contribution in [1.29, 1.82) is 0 Å². The molecule has 0 amide bonds. The van der Waals surface area contributed by atoms with E-state index in [0.717, 1.165) is 94.2 Å². The Labute approximate surface area is 322 Å². The van der Waals surface area contributed by atoms with Gasteiger partial charge in [0.05, 0.1) is 33.5 Å². The Morgan fingerprint density at radius 3 is 1.57 bits per heavy atom. The molecule has 262 valence electrons. The van der Waals surface area contributed by atoms with Crippen LogP contribution < -0.4 is 0 Å². The second-order valence-electron chi connectivity index (χ2n) is 14.0. The normalized spacial score (nSPS) is 11.6. The summed E-state index contributed by atoms with van der Waals surface area (Å²) in [6, 6.07) is 65.1. The first-order valence-electron chi connectivity index (χ1n) is 18.7. The zero-order chi connectivity index (χ0) is 37.0. The molecule has 6 heteroatoms. The minimum Gasteiger partial charge on any atom is -0.339 e. The average molecular weight is 717 g/mol. The molecular weight excluding hydrogens is 685 g/mol. The molecule has 0 aliphatic rings. The Kier molecular flexibility index (Phi) is 7.38. The van der Waals surface area contributed by atoms with E-state index in [-0.39, 0.29) is 0 Å². The zero-order valence-electron chi connectivity index (χ0n) is 30.1. The monoisotopic (exact) mass is 716 g/mol. The summed E-state index contributed by atoms with van der Waals surface area (Å²) in [6.45, 7) is 0. The molecule has 1 N–H and O–H groups in total. The van der Waals surface area contributed by atoms with Gasteiger partial charge in [-0.3, -0.25) is 4.57 Å². The number of nitrogens with one attached hydrogen (secondary N) is 1. The molecule has 11 rings (SSSR count). The van der Waals surface area contributed by atoms with Crippen LogP contribution in [0.4, 0.5) is 0 Å². The summed E-state index contributed by atoms with van der Waals surface area (Å²) in [7, 11) is 0. The molecule has 0 unspecified atom stereocenters. The Balaban J connectivity index is 1.09. The largest absolute Gasteiger partial charge is 0.339 e. The summed E-state index contributed by atoms with van der Waals surface area (Å²) in [5.74, 6) is 1.33. The number of H-pyrrole nitrogens is 1. The van der Waals surface area contributed by atoms with Gasteiger partial charge in [0.2, 0.25) is 5.95 Å². The van der Waals surface area contributed by atoms with Gasteiger partial charge in [-0.05, 0) is 47.5 Å². The molecule has 6 nitrogen and oxygen atoms in total. The van der Waals surface area contributed by atoms with Crippen molar-refractivity contribution in [2.24, 2.45) is 0 Å². The van der Waals surface area contributed by atoms with Crippen molar-refractivity contribution in [3.05, 3.63) is 188 Å². The van der Waals surface area contributed by atoms with Gasteiger partial charge in [0.25, 0.3) is 0 Å². The fourth-order valence-electron chi connectivity index (χ4n) is 7.91. The van der Waals surface area contributed by atoms with Crippen LogP contribution in [0.5, 0.6) is 0 Å². The van der Waals surface area contributed by atoms with E-state index in [2.05, 4.69) is 137 Å². The third-order valence-corrected chi connectivity index (χ3v) is 10.6. The van der Waals surface area contributed by atoms with Gasteiger partial charge < -0.3 is 4.98 Å². The molecule has 0 aliphatic carbocycles. The van der Waals surface area contributed by atoms with Crippen molar-refractivity contribution in [2.45, 2.75) is 0 Å². The van der Waals surface area contributed by atoms with Crippen LogP contribution in [0.15, 0.2) is 188 Å². The summed E-state index contributed by atoms with van der Waals surface area (Å²) in [5.41, 5.74) is 12.9. The number of rotatable bonds is 6. The molecule has 0 saturated heterocycles. The van der Waals surface area contributed by atoms with Gasteiger partial charge in [-0.1, -0.05) is 152 Å². The maximum Gasteiger partial charge on any atom is 0.235 e.